The number of thiophene rings is 1. The van der Waals surface area contributed by atoms with E-state index < -0.39 is 0 Å². The third-order valence-electron chi connectivity index (χ3n) is 2.46. The van der Waals surface area contributed by atoms with Crippen LogP contribution in [0.3, 0.4) is 0 Å². The van der Waals surface area contributed by atoms with E-state index in [4.69, 9.17) is 6.42 Å². The van der Waals surface area contributed by atoms with Gasteiger partial charge in [-0.1, -0.05) is 6.92 Å². The highest BCUT2D eigenvalue weighted by atomic mass is 32.1. The molecule has 1 aromatic rings. The number of hydrogen-bond donors (Lipinski definition) is 2. The topological polar surface area (TPSA) is 41.1 Å². The van der Waals surface area contributed by atoms with E-state index in [0.29, 0.717) is 6.04 Å². The number of terminal acetylenes is 1. The third kappa shape index (κ3) is 4.59. The van der Waals surface area contributed by atoms with Crippen LogP contribution in [-0.2, 0) is 11.3 Å². The number of rotatable bonds is 6. The van der Waals surface area contributed by atoms with Crippen molar-refractivity contribution < 1.29 is 4.79 Å². The average molecular weight is 250 g/mol. The van der Waals surface area contributed by atoms with Crippen molar-refractivity contribution in [3.8, 4) is 12.3 Å². The van der Waals surface area contributed by atoms with Gasteiger partial charge < -0.3 is 10.6 Å². The SMILES string of the molecule is C#CCC(CC)NCc1sccc1NC(C)=O. The van der Waals surface area contributed by atoms with Crippen molar-refractivity contribution in [3.63, 3.8) is 0 Å². The van der Waals surface area contributed by atoms with Crippen LogP contribution in [-0.4, -0.2) is 11.9 Å². The molecule has 3 nitrogen and oxygen atoms in total. The van der Waals surface area contributed by atoms with Crippen molar-refractivity contribution in [1.82, 2.24) is 5.32 Å². The molecule has 0 bridgehead atoms. The van der Waals surface area contributed by atoms with Gasteiger partial charge in [-0.05, 0) is 17.9 Å². The average Bonchev–Trinajstić information content (AvgIpc) is 2.71. The lowest BCUT2D eigenvalue weighted by molar-refractivity contribution is -0.114. The lowest BCUT2D eigenvalue weighted by atomic mass is 10.1. The largest absolute Gasteiger partial charge is 0.325 e. The second-order valence-electron chi connectivity index (χ2n) is 3.83. The molecule has 0 aromatic carbocycles. The van der Waals surface area contributed by atoms with E-state index in [-0.39, 0.29) is 5.91 Å². The van der Waals surface area contributed by atoms with Crippen molar-refractivity contribution in [1.29, 1.82) is 0 Å². The molecule has 0 spiro atoms. The van der Waals surface area contributed by atoms with E-state index in [1.165, 1.54) is 6.92 Å². The predicted molar refractivity (Wildman–Crippen MR) is 73.0 cm³/mol. The van der Waals surface area contributed by atoms with Gasteiger partial charge in [0.05, 0.1) is 5.69 Å². The molecule has 0 aliphatic rings. The van der Waals surface area contributed by atoms with Gasteiger partial charge in [0, 0.05) is 30.8 Å². The summed E-state index contributed by atoms with van der Waals surface area (Å²) in [4.78, 5) is 12.1. The monoisotopic (exact) mass is 250 g/mol. The van der Waals surface area contributed by atoms with E-state index in [0.717, 1.165) is 30.0 Å². The first kappa shape index (κ1) is 13.8. The van der Waals surface area contributed by atoms with Crippen LogP contribution >= 0.6 is 11.3 Å². The minimum absolute atomic E-state index is 0.0414. The first-order valence-corrected chi connectivity index (χ1v) is 6.56. The molecule has 1 heterocycles. The number of carbonyl (C=O) groups excluding carboxylic acids is 1. The molecule has 17 heavy (non-hydrogen) atoms. The first-order chi connectivity index (χ1) is 8.17. The fraction of sp³-hybridized carbons (Fsp3) is 0.462. The highest BCUT2D eigenvalue weighted by Crippen LogP contribution is 2.22. The highest BCUT2D eigenvalue weighted by molar-refractivity contribution is 7.10. The minimum Gasteiger partial charge on any atom is -0.325 e. The molecule has 4 heteroatoms. The van der Waals surface area contributed by atoms with Crippen molar-refractivity contribution in [2.75, 3.05) is 5.32 Å². The van der Waals surface area contributed by atoms with Gasteiger partial charge >= 0.3 is 0 Å². The number of amides is 1. The third-order valence-corrected chi connectivity index (χ3v) is 3.39. The Morgan fingerprint density at radius 1 is 1.65 bits per heavy atom. The van der Waals surface area contributed by atoms with Gasteiger partial charge in [0.15, 0.2) is 0 Å². The molecule has 0 aliphatic carbocycles. The Kier molecular flexibility index (Phi) is 5.75. The molecule has 0 saturated heterocycles. The molecular formula is C13H18N2OS. The van der Waals surface area contributed by atoms with Gasteiger partial charge in [0.2, 0.25) is 5.91 Å². The van der Waals surface area contributed by atoms with Crippen molar-refractivity contribution in [3.05, 3.63) is 16.3 Å². The molecule has 1 aromatic heterocycles. The Bertz CT molecular complexity index is 406. The fourth-order valence-corrected chi connectivity index (χ4v) is 2.30. The lowest BCUT2D eigenvalue weighted by Crippen LogP contribution is -2.27. The van der Waals surface area contributed by atoms with Crippen LogP contribution in [0.1, 0.15) is 31.6 Å². The fourth-order valence-electron chi connectivity index (χ4n) is 1.52. The Balaban J connectivity index is 2.54. The molecule has 1 unspecified atom stereocenters. The van der Waals surface area contributed by atoms with Crippen LogP contribution < -0.4 is 10.6 Å². The first-order valence-electron chi connectivity index (χ1n) is 5.68. The van der Waals surface area contributed by atoms with Crippen LogP contribution in [0.25, 0.3) is 0 Å². The second kappa shape index (κ2) is 7.10. The molecule has 0 fully saturated rings. The van der Waals surface area contributed by atoms with Crippen molar-refractivity contribution >= 4 is 22.9 Å². The van der Waals surface area contributed by atoms with Crippen LogP contribution in [0.2, 0.25) is 0 Å². The molecule has 0 saturated carbocycles. The van der Waals surface area contributed by atoms with Crippen LogP contribution in [0.15, 0.2) is 11.4 Å². The zero-order chi connectivity index (χ0) is 12.7. The zero-order valence-electron chi connectivity index (χ0n) is 10.2. The molecule has 92 valence electrons. The summed E-state index contributed by atoms with van der Waals surface area (Å²) < 4.78 is 0. The minimum atomic E-state index is -0.0414. The van der Waals surface area contributed by atoms with Gasteiger partial charge in [-0.15, -0.1) is 23.7 Å². The maximum atomic E-state index is 11.0. The number of carbonyl (C=O) groups is 1. The molecule has 0 aliphatic heterocycles. The Morgan fingerprint density at radius 2 is 2.41 bits per heavy atom. The summed E-state index contributed by atoms with van der Waals surface area (Å²) in [5.41, 5.74) is 0.894. The number of hydrogen-bond acceptors (Lipinski definition) is 3. The van der Waals surface area contributed by atoms with E-state index in [1.54, 1.807) is 11.3 Å². The standard InChI is InChI=1S/C13H18N2OS/c1-4-6-11(5-2)14-9-13-12(7-8-17-13)15-10(3)16/h1,7-8,11,14H,5-6,9H2,2-3H3,(H,15,16). The summed E-state index contributed by atoms with van der Waals surface area (Å²) in [6.45, 7) is 4.37. The summed E-state index contributed by atoms with van der Waals surface area (Å²) in [5, 5.41) is 8.20. The van der Waals surface area contributed by atoms with Crippen LogP contribution in [0.5, 0.6) is 0 Å². The molecule has 1 rings (SSSR count). The van der Waals surface area contributed by atoms with Crippen LogP contribution in [0.4, 0.5) is 5.69 Å². The van der Waals surface area contributed by atoms with E-state index in [2.05, 4.69) is 23.5 Å². The van der Waals surface area contributed by atoms with Gasteiger partial charge in [-0.3, -0.25) is 4.79 Å². The number of nitrogens with one attached hydrogen (secondary N) is 2. The number of anilines is 1. The van der Waals surface area contributed by atoms with Gasteiger partial charge in [0.25, 0.3) is 0 Å². The van der Waals surface area contributed by atoms with E-state index in [1.807, 2.05) is 11.4 Å². The summed E-state index contributed by atoms with van der Waals surface area (Å²) in [5.74, 6) is 2.63. The molecule has 1 amide bonds. The Labute approximate surface area is 107 Å². The van der Waals surface area contributed by atoms with Gasteiger partial charge in [-0.2, -0.15) is 0 Å². The normalized spacial score (nSPS) is 11.8. The smallest absolute Gasteiger partial charge is 0.221 e. The molecule has 0 radical (unpaired) electrons. The van der Waals surface area contributed by atoms with Crippen molar-refractivity contribution in [2.24, 2.45) is 0 Å². The summed E-state index contributed by atoms with van der Waals surface area (Å²) in [7, 11) is 0. The summed E-state index contributed by atoms with van der Waals surface area (Å²) >= 11 is 1.63. The quantitative estimate of drug-likeness (QED) is 0.762. The van der Waals surface area contributed by atoms with Crippen LogP contribution in [0, 0.1) is 12.3 Å². The Hall–Kier alpha value is -1.31. The molecule has 2 N–H and O–H groups in total. The highest BCUT2D eigenvalue weighted by Gasteiger charge is 2.08. The van der Waals surface area contributed by atoms with Gasteiger partial charge in [-0.25, -0.2) is 0 Å². The lowest BCUT2D eigenvalue weighted by Gasteiger charge is -2.14. The Morgan fingerprint density at radius 3 is 3.00 bits per heavy atom. The zero-order valence-corrected chi connectivity index (χ0v) is 11.1. The second-order valence-corrected chi connectivity index (χ2v) is 4.83. The van der Waals surface area contributed by atoms with E-state index >= 15 is 0 Å². The van der Waals surface area contributed by atoms with E-state index in [9.17, 15) is 4.79 Å². The predicted octanol–water partition coefficient (Wildman–Crippen LogP) is 2.60. The molecular weight excluding hydrogens is 232 g/mol. The van der Waals surface area contributed by atoms with Crippen molar-refractivity contribution in [2.45, 2.75) is 39.3 Å². The molecule has 1 atom stereocenters. The summed E-state index contributed by atoms with van der Waals surface area (Å²) in [6, 6.07) is 2.26. The van der Waals surface area contributed by atoms with Gasteiger partial charge in [0.1, 0.15) is 0 Å². The maximum Gasteiger partial charge on any atom is 0.221 e. The summed E-state index contributed by atoms with van der Waals surface area (Å²) in [6.07, 6.45) is 7.04. The maximum absolute atomic E-state index is 11.0.